The number of hydrogen-bond donors (Lipinski definition) is 1. The number of carboxylic acid groups (broad SMARTS) is 1. The second-order valence-corrected chi connectivity index (χ2v) is 4.36. The number of aromatic carboxylic acids is 1. The van der Waals surface area contributed by atoms with Gasteiger partial charge in [0.15, 0.2) is 5.78 Å². The minimum Gasteiger partial charge on any atom is -0.478 e. The fourth-order valence-corrected chi connectivity index (χ4v) is 2.07. The molecule has 20 heavy (non-hydrogen) atoms. The molecule has 3 aromatic rings. The fourth-order valence-electron chi connectivity index (χ4n) is 2.07. The highest BCUT2D eigenvalue weighted by Crippen LogP contribution is 2.23. The van der Waals surface area contributed by atoms with Gasteiger partial charge < -0.3 is 9.52 Å². The molecule has 0 unspecified atom stereocenters. The van der Waals surface area contributed by atoms with Crippen molar-refractivity contribution in [3.63, 3.8) is 0 Å². The van der Waals surface area contributed by atoms with Gasteiger partial charge in [0.2, 0.25) is 0 Å². The normalized spacial score (nSPS) is 10.6. The van der Waals surface area contributed by atoms with E-state index in [1.54, 1.807) is 6.07 Å². The lowest BCUT2D eigenvalue weighted by atomic mass is 10.0. The molecule has 98 valence electrons. The van der Waals surface area contributed by atoms with Crippen LogP contribution >= 0.6 is 0 Å². The number of hydrogen-bond acceptors (Lipinski definition) is 3. The Morgan fingerprint density at radius 2 is 1.55 bits per heavy atom. The summed E-state index contributed by atoms with van der Waals surface area (Å²) in [6.07, 6.45) is 1.43. The number of rotatable bonds is 3. The van der Waals surface area contributed by atoms with Crippen LogP contribution in [-0.4, -0.2) is 16.9 Å². The van der Waals surface area contributed by atoms with E-state index in [4.69, 9.17) is 9.52 Å². The van der Waals surface area contributed by atoms with Crippen LogP contribution in [-0.2, 0) is 0 Å². The molecule has 0 spiro atoms. The van der Waals surface area contributed by atoms with E-state index in [1.807, 2.05) is 18.2 Å². The van der Waals surface area contributed by atoms with E-state index >= 15 is 0 Å². The first-order valence-corrected chi connectivity index (χ1v) is 6.01. The molecule has 0 aliphatic rings. The van der Waals surface area contributed by atoms with E-state index in [-0.39, 0.29) is 11.3 Å². The topological polar surface area (TPSA) is 67.5 Å². The number of furan rings is 1. The Morgan fingerprint density at radius 1 is 0.900 bits per heavy atom. The second kappa shape index (κ2) is 4.66. The van der Waals surface area contributed by atoms with Crippen molar-refractivity contribution in [1.29, 1.82) is 0 Å². The molecule has 1 N–H and O–H groups in total. The molecule has 0 aliphatic carbocycles. The van der Waals surface area contributed by atoms with Crippen LogP contribution in [0.15, 0.2) is 59.2 Å². The van der Waals surface area contributed by atoms with Gasteiger partial charge in [0.1, 0.15) is 11.8 Å². The SMILES string of the molecule is O=C(O)c1ccc(C(=O)c2coc3ccccc23)cc1. The molecule has 4 nitrogen and oxygen atoms in total. The highest BCUT2D eigenvalue weighted by Gasteiger charge is 2.15. The van der Waals surface area contributed by atoms with Crippen LogP contribution in [0.2, 0.25) is 0 Å². The number of ketones is 1. The van der Waals surface area contributed by atoms with Crippen molar-refractivity contribution < 1.29 is 19.1 Å². The first-order chi connectivity index (χ1) is 9.66. The molecule has 0 saturated heterocycles. The largest absolute Gasteiger partial charge is 0.478 e. The average molecular weight is 266 g/mol. The van der Waals surface area contributed by atoms with Crippen molar-refractivity contribution in [2.75, 3.05) is 0 Å². The number of carbonyl (C=O) groups excluding carboxylic acids is 1. The van der Waals surface area contributed by atoms with Crippen LogP contribution in [0.5, 0.6) is 0 Å². The highest BCUT2D eigenvalue weighted by atomic mass is 16.4. The van der Waals surface area contributed by atoms with Crippen LogP contribution in [0.3, 0.4) is 0 Å². The van der Waals surface area contributed by atoms with Gasteiger partial charge >= 0.3 is 5.97 Å². The number of carboxylic acids is 1. The Hall–Kier alpha value is -2.88. The summed E-state index contributed by atoms with van der Waals surface area (Å²) in [5, 5.41) is 9.59. The Labute approximate surface area is 114 Å². The molecule has 0 saturated carbocycles. The highest BCUT2D eigenvalue weighted by molar-refractivity contribution is 6.16. The zero-order valence-corrected chi connectivity index (χ0v) is 10.4. The maximum absolute atomic E-state index is 12.4. The van der Waals surface area contributed by atoms with Crippen molar-refractivity contribution in [1.82, 2.24) is 0 Å². The zero-order chi connectivity index (χ0) is 14.1. The van der Waals surface area contributed by atoms with E-state index in [2.05, 4.69) is 0 Å². The minimum absolute atomic E-state index is 0.151. The van der Waals surface area contributed by atoms with Gasteiger partial charge in [0.25, 0.3) is 0 Å². The van der Waals surface area contributed by atoms with Crippen LogP contribution in [0.4, 0.5) is 0 Å². The molecule has 0 aliphatic heterocycles. The molecule has 3 rings (SSSR count). The quantitative estimate of drug-likeness (QED) is 0.738. The fraction of sp³-hybridized carbons (Fsp3) is 0. The maximum Gasteiger partial charge on any atom is 0.335 e. The third-order valence-corrected chi connectivity index (χ3v) is 3.12. The monoisotopic (exact) mass is 266 g/mol. The zero-order valence-electron chi connectivity index (χ0n) is 10.4. The Kier molecular flexibility index (Phi) is 2.84. The molecule has 1 aromatic heterocycles. The first kappa shape index (κ1) is 12.2. The van der Waals surface area contributed by atoms with E-state index in [1.165, 1.54) is 30.5 Å². The summed E-state index contributed by atoms with van der Waals surface area (Å²) in [5.41, 5.74) is 1.71. The Bertz CT molecular complexity index is 797. The van der Waals surface area contributed by atoms with Gasteiger partial charge in [-0.05, 0) is 18.2 Å². The Balaban J connectivity index is 2.02. The van der Waals surface area contributed by atoms with Gasteiger partial charge in [0, 0.05) is 10.9 Å². The van der Waals surface area contributed by atoms with Gasteiger partial charge in [-0.3, -0.25) is 4.79 Å². The van der Waals surface area contributed by atoms with Gasteiger partial charge in [0.05, 0.1) is 11.1 Å². The second-order valence-electron chi connectivity index (χ2n) is 4.36. The lowest BCUT2D eigenvalue weighted by molar-refractivity contribution is 0.0696. The van der Waals surface area contributed by atoms with Crippen LogP contribution < -0.4 is 0 Å². The predicted molar refractivity (Wildman–Crippen MR) is 73.0 cm³/mol. The molecule has 0 radical (unpaired) electrons. The maximum atomic E-state index is 12.4. The molecule has 0 fully saturated rings. The lowest BCUT2D eigenvalue weighted by Gasteiger charge is -2.00. The average Bonchev–Trinajstić information content (AvgIpc) is 2.90. The van der Waals surface area contributed by atoms with Gasteiger partial charge in [-0.25, -0.2) is 4.79 Å². The molecular weight excluding hydrogens is 256 g/mol. The smallest absolute Gasteiger partial charge is 0.335 e. The summed E-state index contributed by atoms with van der Waals surface area (Å²) in [6, 6.07) is 13.1. The summed E-state index contributed by atoms with van der Waals surface area (Å²) in [7, 11) is 0. The third-order valence-electron chi connectivity index (χ3n) is 3.12. The van der Waals surface area contributed by atoms with Crippen molar-refractivity contribution in [2.24, 2.45) is 0 Å². The van der Waals surface area contributed by atoms with Gasteiger partial charge in [-0.2, -0.15) is 0 Å². The summed E-state index contributed by atoms with van der Waals surface area (Å²) in [6.45, 7) is 0. The van der Waals surface area contributed by atoms with Crippen LogP contribution in [0, 0.1) is 0 Å². The molecular formula is C16H10O4. The van der Waals surface area contributed by atoms with E-state index in [9.17, 15) is 9.59 Å². The molecule has 0 amide bonds. The Morgan fingerprint density at radius 3 is 2.25 bits per heavy atom. The molecule has 4 heteroatoms. The summed E-state index contributed by atoms with van der Waals surface area (Å²) in [4.78, 5) is 23.2. The van der Waals surface area contributed by atoms with Crippen molar-refractivity contribution in [3.05, 3.63) is 71.5 Å². The summed E-state index contributed by atoms with van der Waals surface area (Å²) < 4.78 is 5.34. The number of benzene rings is 2. The molecule has 2 aromatic carbocycles. The molecule has 1 heterocycles. The predicted octanol–water partition coefficient (Wildman–Crippen LogP) is 3.36. The summed E-state index contributed by atoms with van der Waals surface area (Å²) in [5.74, 6) is -1.20. The first-order valence-electron chi connectivity index (χ1n) is 6.01. The van der Waals surface area contributed by atoms with E-state index in [0.29, 0.717) is 16.7 Å². The standard InChI is InChI=1S/C16H10O4/c17-15(10-5-7-11(8-6-10)16(18)19)13-9-20-14-4-2-1-3-12(13)14/h1-9H,(H,18,19). The van der Waals surface area contributed by atoms with Gasteiger partial charge in [-0.1, -0.05) is 30.3 Å². The minimum atomic E-state index is -1.02. The molecule has 0 atom stereocenters. The van der Waals surface area contributed by atoms with Crippen molar-refractivity contribution >= 4 is 22.7 Å². The van der Waals surface area contributed by atoms with Crippen LogP contribution in [0.25, 0.3) is 11.0 Å². The van der Waals surface area contributed by atoms with Crippen LogP contribution in [0.1, 0.15) is 26.3 Å². The number of carbonyl (C=O) groups is 2. The van der Waals surface area contributed by atoms with E-state index in [0.717, 1.165) is 5.39 Å². The van der Waals surface area contributed by atoms with E-state index < -0.39 is 5.97 Å². The number of para-hydroxylation sites is 1. The molecule has 0 bridgehead atoms. The number of fused-ring (bicyclic) bond motifs is 1. The van der Waals surface area contributed by atoms with Crippen molar-refractivity contribution in [2.45, 2.75) is 0 Å². The van der Waals surface area contributed by atoms with Crippen molar-refractivity contribution in [3.8, 4) is 0 Å². The van der Waals surface area contributed by atoms with Gasteiger partial charge in [-0.15, -0.1) is 0 Å². The summed E-state index contributed by atoms with van der Waals surface area (Å²) >= 11 is 0. The lowest BCUT2D eigenvalue weighted by Crippen LogP contribution is -2.02. The third kappa shape index (κ3) is 1.97.